The summed E-state index contributed by atoms with van der Waals surface area (Å²) < 4.78 is 27.1. The molecular formula is C5H9F2NO3. The molecule has 1 atom stereocenters. The molecule has 0 heterocycles. The van der Waals surface area contributed by atoms with Crippen molar-refractivity contribution in [3.63, 3.8) is 0 Å². The van der Waals surface area contributed by atoms with Crippen molar-refractivity contribution in [2.24, 2.45) is 5.73 Å². The van der Waals surface area contributed by atoms with Crippen LogP contribution in [0, 0.1) is 0 Å². The van der Waals surface area contributed by atoms with Gasteiger partial charge in [-0.1, -0.05) is 0 Å². The molecule has 66 valence electrons. The molecule has 0 fully saturated rings. The summed E-state index contributed by atoms with van der Waals surface area (Å²) in [7, 11) is 0. The van der Waals surface area contributed by atoms with E-state index in [2.05, 4.69) is 4.74 Å². The van der Waals surface area contributed by atoms with Crippen molar-refractivity contribution < 1.29 is 23.4 Å². The van der Waals surface area contributed by atoms with Gasteiger partial charge in [0.15, 0.2) is 6.10 Å². The lowest BCUT2D eigenvalue weighted by Crippen LogP contribution is -2.33. The van der Waals surface area contributed by atoms with E-state index in [1.165, 1.54) is 0 Å². The first-order chi connectivity index (χ1) is 5.07. The number of alkyl halides is 2. The highest BCUT2D eigenvalue weighted by molar-refractivity contribution is 5.72. The maximum atomic E-state index is 11.4. The van der Waals surface area contributed by atoms with E-state index < -0.39 is 25.1 Å². The zero-order valence-corrected chi connectivity index (χ0v) is 5.67. The Bertz CT molecular complexity index is 131. The Morgan fingerprint density at radius 1 is 1.64 bits per heavy atom. The summed E-state index contributed by atoms with van der Waals surface area (Å²) in [4.78, 5) is 10.1. The van der Waals surface area contributed by atoms with Crippen molar-refractivity contribution in [3.05, 3.63) is 0 Å². The Balaban J connectivity index is 3.61. The summed E-state index contributed by atoms with van der Waals surface area (Å²) in [6.07, 6.45) is -3.99. The molecular weight excluding hydrogens is 160 g/mol. The summed E-state index contributed by atoms with van der Waals surface area (Å²) in [5, 5.41) is 8.24. The zero-order valence-electron chi connectivity index (χ0n) is 5.67. The van der Waals surface area contributed by atoms with Crippen LogP contribution in [0.25, 0.3) is 0 Å². The van der Waals surface area contributed by atoms with E-state index in [4.69, 9.17) is 10.8 Å². The van der Waals surface area contributed by atoms with Gasteiger partial charge >= 0.3 is 5.97 Å². The highest BCUT2D eigenvalue weighted by atomic mass is 19.3. The largest absolute Gasteiger partial charge is 0.479 e. The lowest BCUT2D eigenvalue weighted by molar-refractivity contribution is -0.152. The fraction of sp³-hybridized carbons (Fsp3) is 0.800. The van der Waals surface area contributed by atoms with Crippen LogP contribution >= 0.6 is 0 Å². The van der Waals surface area contributed by atoms with Crippen LogP contribution in [0.2, 0.25) is 0 Å². The molecule has 0 saturated heterocycles. The third kappa shape index (κ3) is 4.63. The summed E-state index contributed by atoms with van der Waals surface area (Å²) in [5.41, 5.74) is 4.91. The fourth-order valence-electron chi connectivity index (χ4n) is 0.429. The topological polar surface area (TPSA) is 72.5 Å². The van der Waals surface area contributed by atoms with Gasteiger partial charge in [-0.15, -0.1) is 0 Å². The number of carboxylic acid groups (broad SMARTS) is 1. The highest BCUT2D eigenvalue weighted by Gasteiger charge is 2.17. The predicted octanol–water partition coefficient (Wildman–Crippen LogP) is -0.320. The maximum absolute atomic E-state index is 11.4. The number of hydrogen-bond acceptors (Lipinski definition) is 3. The molecule has 4 nitrogen and oxygen atoms in total. The molecule has 0 aliphatic heterocycles. The molecule has 0 aromatic rings. The van der Waals surface area contributed by atoms with Crippen LogP contribution in [0.1, 0.15) is 0 Å². The Morgan fingerprint density at radius 2 is 2.18 bits per heavy atom. The van der Waals surface area contributed by atoms with E-state index in [1.54, 1.807) is 0 Å². The van der Waals surface area contributed by atoms with Gasteiger partial charge in [0.2, 0.25) is 0 Å². The lowest BCUT2D eigenvalue weighted by Gasteiger charge is -2.09. The van der Waals surface area contributed by atoms with Crippen LogP contribution in [-0.4, -0.2) is 36.8 Å². The lowest BCUT2D eigenvalue weighted by atomic mass is 10.4. The number of halogens is 2. The minimum Gasteiger partial charge on any atom is -0.479 e. The Kier molecular flexibility index (Phi) is 4.64. The van der Waals surface area contributed by atoms with E-state index in [1.807, 2.05) is 0 Å². The minimum atomic E-state index is -2.66. The maximum Gasteiger partial charge on any atom is 0.334 e. The van der Waals surface area contributed by atoms with Crippen LogP contribution in [0.3, 0.4) is 0 Å². The van der Waals surface area contributed by atoms with E-state index >= 15 is 0 Å². The summed E-state index contributed by atoms with van der Waals surface area (Å²) >= 11 is 0. The monoisotopic (exact) mass is 169 g/mol. The molecule has 0 saturated carbocycles. The first-order valence-corrected chi connectivity index (χ1v) is 2.90. The van der Waals surface area contributed by atoms with Gasteiger partial charge in [0, 0.05) is 6.54 Å². The molecule has 11 heavy (non-hydrogen) atoms. The van der Waals surface area contributed by atoms with Gasteiger partial charge in [-0.25, -0.2) is 13.6 Å². The normalized spacial score (nSPS) is 13.5. The first-order valence-electron chi connectivity index (χ1n) is 2.90. The minimum absolute atomic E-state index is 0.304. The molecule has 0 rings (SSSR count). The molecule has 0 aromatic heterocycles. The standard InChI is InChI=1S/C5H9F2NO3/c6-4(7)2-11-3(1-8)5(9)10/h3-4H,1-2,8H2,(H,9,10). The predicted molar refractivity (Wildman–Crippen MR) is 32.4 cm³/mol. The third-order valence-electron chi connectivity index (χ3n) is 0.913. The average Bonchev–Trinajstić information content (AvgIpc) is 1.87. The molecule has 0 aliphatic carbocycles. The van der Waals surface area contributed by atoms with Crippen LogP contribution < -0.4 is 5.73 Å². The van der Waals surface area contributed by atoms with Crippen LogP contribution in [0.15, 0.2) is 0 Å². The molecule has 0 spiro atoms. The third-order valence-corrected chi connectivity index (χ3v) is 0.913. The van der Waals surface area contributed by atoms with E-state index in [-0.39, 0.29) is 6.54 Å². The molecule has 0 aliphatic rings. The van der Waals surface area contributed by atoms with Crippen molar-refractivity contribution in [2.45, 2.75) is 12.5 Å². The molecule has 0 amide bonds. The van der Waals surface area contributed by atoms with Gasteiger partial charge < -0.3 is 15.6 Å². The van der Waals surface area contributed by atoms with Gasteiger partial charge in [-0.3, -0.25) is 0 Å². The van der Waals surface area contributed by atoms with Crippen LogP contribution in [-0.2, 0) is 9.53 Å². The first kappa shape index (κ1) is 10.2. The number of carboxylic acids is 1. The highest BCUT2D eigenvalue weighted by Crippen LogP contribution is 1.96. The summed E-state index contributed by atoms with van der Waals surface area (Å²) in [6.45, 7) is -1.20. The number of hydrogen-bond donors (Lipinski definition) is 2. The zero-order chi connectivity index (χ0) is 8.85. The Hall–Kier alpha value is -0.750. The SMILES string of the molecule is NCC(OCC(F)F)C(=O)O. The van der Waals surface area contributed by atoms with Crippen LogP contribution in [0.4, 0.5) is 8.78 Å². The van der Waals surface area contributed by atoms with Gasteiger partial charge in [0.25, 0.3) is 6.43 Å². The van der Waals surface area contributed by atoms with E-state index in [9.17, 15) is 13.6 Å². The molecule has 6 heteroatoms. The number of aliphatic carboxylic acids is 1. The quantitative estimate of drug-likeness (QED) is 0.591. The molecule has 0 aromatic carbocycles. The second-order valence-corrected chi connectivity index (χ2v) is 1.79. The number of nitrogens with two attached hydrogens (primary N) is 1. The second kappa shape index (κ2) is 4.97. The average molecular weight is 169 g/mol. The fourth-order valence-corrected chi connectivity index (χ4v) is 0.429. The molecule has 3 N–H and O–H groups in total. The van der Waals surface area contributed by atoms with Gasteiger partial charge in [-0.2, -0.15) is 0 Å². The van der Waals surface area contributed by atoms with Crippen molar-refractivity contribution >= 4 is 5.97 Å². The molecule has 0 radical (unpaired) electrons. The summed E-state index contributed by atoms with van der Waals surface area (Å²) in [5.74, 6) is -1.33. The van der Waals surface area contributed by atoms with Crippen molar-refractivity contribution in [2.75, 3.05) is 13.2 Å². The van der Waals surface area contributed by atoms with Crippen molar-refractivity contribution in [3.8, 4) is 0 Å². The van der Waals surface area contributed by atoms with Gasteiger partial charge in [0.1, 0.15) is 6.61 Å². The number of ether oxygens (including phenoxy) is 1. The van der Waals surface area contributed by atoms with E-state index in [0.29, 0.717) is 0 Å². The Labute approximate surface area is 61.9 Å². The number of carbonyl (C=O) groups is 1. The van der Waals surface area contributed by atoms with Gasteiger partial charge in [0.05, 0.1) is 0 Å². The van der Waals surface area contributed by atoms with Crippen molar-refractivity contribution in [1.82, 2.24) is 0 Å². The van der Waals surface area contributed by atoms with Crippen LogP contribution in [0.5, 0.6) is 0 Å². The Morgan fingerprint density at radius 3 is 2.45 bits per heavy atom. The second-order valence-electron chi connectivity index (χ2n) is 1.79. The summed E-state index contributed by atoms with van der Waals surface area (Å²) in [6, 6.07) is 0. The van der Waals surface area contributed by atoms with Gasteiger partial charge in [-0.05, 0) is 0 Å². The van der Waals surface area contributed by atoms with Crippen molar-refractivity contribution in [1.29, 1.82) is 0 Å². The van der Waals surface area contributed by atoms with E-state index in [0.717, 1.165) is 0 Å². The number of rotatable bonds is 5. The smallest absolute Gasteiger partial charge is 0.334 e. The molecule has 1 unspecified atom stereocenters. The molecule has 0 bridgehead atoms.